The van der Waals surface area contributed by atoms with Gasteiger partial charge in [-0.25, -0.2) is 4.98 Å². The molecule has 4 heterocycles. The maximum Gasteiger partial charge on any atom is 0.310 e. The van der Waals surface area contributed by atoms with E-state index in [0.29, 0.717) is 26.2 Å². The smallest absolute Gasteiger partial charge is 0.310 e. The number of amides is 1. The molecule has 3 aliphatic rings. The van der Waals surface area contributed by atoms with E-state index in [2.05, 4.69) is 9.88 Å². The zero-order chi connectivity index (χ0) is 16.7. The summed E-state index contributed by atoms with van der Waals surface area (Å²) in [6, 6.07) is 5.79. The molecule has 4 atom stereocenters. The number of hydrogen-bond acceptors (Lipinski definition) is 5. The number of piperazine rings is 1. The highest BCUT2D eigenvalue weighted by Crippen LogP contribution is 2.44. The van der Waals surface area contributed by atoms with Gasteiger partial charge in [-0.15, -0.1) is 0 Å². The molecule has 2 bridgehead atoms. The maximum absolute atomic E-state index is 12.9. The predicted molar refractivity (Wildman–Crippen MR) is 85.5 cm³/mol. The van der Waals surface area contributed by atoms with Crippen LogP contribution in [0.1, 0.15) is 12.8 Å². The van der Waals surface area contributed by atoms with Crippen molar-refractivity contribution < 1.29 is 19.4 Å². The van der Waals surface area contributed by atoms with Crippen molar-refractivity contribution in [2.75, 3.05) is 31.1 Å². The van der Waals surface area contributed by atoms with E-state index in [9.17, 15) is 14.7 Å². The quantitative estimate of drug-likeness (QED) is 0.874. The minimum Gasteiger partial charge on any atom is -0.481 e. The molecule has 1 N–H and O–H groups in total. The van der Waals surface area contributed by atoms with Crippen molar-refractivity contribution in [1.29, 1.82) is 0 Å². The van der Waals surface area contributed by atoms with E-state index < -0.39 is 17.8 Å². The molecule has 128 valence electrons. The number of carboxylic acid groups (broad SMARTS) is 1. The Hall–Kier alpha value is -2.15. The minimum absolute atomic E-state index is 0.0599. The predicted octanol–water partition coefficient (Wildman–Crippen LogP) is 0.608. The summed E-state index contributed by atoms with van der Waals surface area (Å²) in [4.78, 5) is 32.7. The Morgan fingerprint density at radius 3 is 2.42 bits per heavy atom. The third-order valence-electron chi connectivity index (χ3n) is 5.41. The minimum atomic E-state index is -0.910. The molecule has 0 spiro atoms. The molecule has 0 aromatic carbocycles. The molecule has 7 heteroatoms. The van der Waals surface area contributed by atoms with Gasteiger partial charge in [-0.05, 0) is 25.0 Å². The topological polar surface area (TPSA) is 83.0 Å². The number of aliphatic carboxylic acids is 1. The molecule has 24 heavy (non-hydrogen) atoms. The van der Waals surface area contributed by atoms with E-state index in [1.807, 2.05) is 18.2 Å². The lowest BCUT2D eigenvalue weighted by Crippen LogP contribution is -2.53. The van der Waals surface area contributed by atoms with Crippen LogP contribution in [0.3, 0.4) is 0 Å². The van der Waals surface area contributed by atoms with Gasteiger partial charge in [-0.2, -0.15) is 0 Å². The first-order chi connectivity index (χ1) is 11.6. The summed E-state index contributed by atoms with van der Waals surface area (Å²) in [6.45, 7) is 2.61. The summed E-state index contributed by atoms with van der Waals surface area (Å²) in [5.74, 6) is -1.27. The highest BCUT2D eigenvalue weighted by molar-refractivity contribution is 5.86. The lowest BCUT2D eigenvalue weighted by Gasteiger charge is -2.38. The van der Waals surface area contributed by atoms with Gasteiger partial charge in [0.25, 0.3) is 0 Å². The van der Waals surface area contributed by atoms with Crippen LogP contribution in [0.2, 0.25) is 0 Å². The lowest BCUT2D eigenvalue weighted by atomic mass is 9.78. The van der Waals surface area contributed by atoms with Crippen molar-refractivity contribution in [3.63, 3.8) is 0 Å². The van der Waals surface area contributed by atoms with E-state index in [-0.39, 0.29) is 18.1 Å². The Balaban J connectivity index is 1.42. The Bertz CT molecular complexity index is 630. The fourth-order valence-corrected chi connectivity index (χ4v) is 4.21. The number of rotatable bonds is 3. The second-order valence-electron chi connectivity index (χ2n) is 6.68. The van der Waals surface area contributed by atoms with Gasteiger partial charge in [0, 0.05) is 32.4 Å². The summed E-state index contributed by atoms with van der Waals surface area (Å²) >= 11 is 0. The fraction of sp³-hybridized carbons (Fsp3) is 0.588. The van der Waals surface area contributed by atoms with Crippen molar-refractivity contribution in [3.8, 4) is 0 Å². The van der Waals surface area contributed by atoms with E-state index in [1.54, 1.807) is 11.1 Å². The first kappa shape index (κ1) is 15.4. The number of ether oxygens (including phenoxy) is 1. The SMILES string of the molecule is O=C(O)[C@@H]1[C@@H](C(=O)N2CCN(c3ccccn3)CC2)[C@H]2CC[C@H]1O2. The average molecular weight is 331 g/mol. The third-order valence-corrected chi connectivity index (χ3v) is 5.41. The van der Waals surface area contributed by atoms with Crippen molar-refractivity contribution in [1.82, 2.24) is 9.88 Å². The summed E-state index contributed by atoms with van der Waals surface area (Å²) in [6.07, 6.45) is 2.78. The molecule has 7 nitrogen and oxygen atoms in total. The Morgan fingerprint density at radius 1 is 1.08 bits per heavy atom. The molecule has 3 aliphatic heterocycles. The number of nitrogens with zero attached hydrogens (tertiary/aromatic N) is 3. The second-order valence-corrected chi connectivity index (χ2v) is 6.68. The van der Waals surface area contributed by atoms with Crippen LogP contribution in [0.5, 0.6) is 0 Å². The monoisotopic (exact) mass is 331 g/mol. The number of carbonyl (C=O) groups excluding carboxylic acids is 1. The van der Waals surface area contributed by atoms with Gasteiger partial charge in [0.1, 0.15) is 5.82 Å². The Labute approximate surface area is 140 Å². The number of carboxylic acids is 1. The first-order valence-corrected chi connectivity index (χ1v) is 8.48. The van der Waals surface area contributed by atoms with E-state index in [1.165, 1.54) is 0 Å². The Morgan fingerprint density at radius 2 is 1.79 bits per heavy atom. The van der Waals surface area contributed by atoms with Gasteiger partial charge in [0.2, 0.25) is 5.91 Å². The normalized spacial score (nSPS) is 32.2. The van der Waals surface area contributed by atoms with Crippen LogP contribution in [0.4, 0.5) is 5.82 Å². The van der Waals surface area contributed by atoms with Crippen LogP contribution in [0, 0.1) is 11.8 Å². The molecule has 3 saturated heterocycles. The zero-order valence-corrected chi connectivity index (χ0v) is 13.4. The molecular weight excluding hydrogens is 310 g/mol. The highest BCUT2D eigenvalue weighted by atomic mass is 16.5. The fourth-order valence-electron chi connectivity index (χ4n) is 4.21. The molecule has 3 fully saturated rings. The Kier molecular flexibility index (Phi) is 3.88. The van der Waals surface area contributed by atoms with Crippen molar-refractivity contribution >= 4 is 17.7 Å². The van der Waals surface area contributed by atoms with Crippen LogP contribution in [0.25, 0.3) is 0 Å². The van der Waals surface area contributed by atoms with Crippen LogP contribution >= 0.6 is 0 Å². The van der Waals surface area contributed by atoms with Crippen molar-refractivity contribution in [2.45, 2.75) is 25.0 Å². The number of pyridine rings is 1. The molecule has 1 amide bonds. The van der Waals surface area contributed by atoms with Gasteiger partial charge in [-0.1, -0.05) is 6.07 Å². The van der Waals surface area contributed by atoms with Crippen LogP contribution in [-0.2, 0) is 14.3 Å². The van der Waals surface area contributed by atoms with E-state index in [0.717, 1.165) is 18.7 Å². The molecule has 0 unspecified atom stereocenters. The summed E-state index contributed by atoms with van der Waals surface area (Å²) < 4.78 is 5.71. The number of fused-ring (bicyclic) bond motifs is 2. The van der Waals surface area contributed by atoms with Crippen LogP contribution < -0.4 is 4.90 Å². The van der Waals surface area contributed by atoms with Gasteiger partial charge in [0.05, 0.1) is 24.0 Å². The third kappa shape index (κ3) is 2.53. The van der Waals surface area contributed by atoms with Crippen molar-refractivity contribution in [2.24, 2.45) is 11.8 Å². The van der Waals surface area contributed by atoms with Crippen LogP contribution in [-0.4, -0.2) is 65.3 Å². The molecular formula is C17H21N3O4. The number of hydrogen-bond donors (Lipinski definition) is 1. The standard InChI is InChI=1S/C17H21N3O4/c21-16(14-11-4-5-12(24-11)15(14)17(22)23)20-9-7-19(8-10-20)13-3-1-2-6-18-13/h1-3,6,11-12,14-15H,4-5,7-10H2,(H,22,23)/t11-,12-,14+,15+/m1/s1. The average Bonchev–Trinajstić information content (AvgIpc) is 3.23. The zero-order valence-electron chi connectivity index (χ0n) is 13.4. The van der Waals surface area contributed by atoms with E-state index in [4.69, 9.17) is 4.74 Å². The molecule has 0 radical (unpaired) electrons. The first-order valence-electron chi connectivity index (χ1n) is 8.48. The van der Waals surface area contributed by atoms with Crippen LogP contribution in [0.15, 0.2) is 24.4 Å². The number of anilines is 1. The summed E-state index contributed by atoms with van der Waals surface area (Å²) in [7, 11) is 0. The van der Waals surface area contributed by atoms with Gasteiger partial charge in [0.15, 0.2) is 0 Å². The van der Waals surface area contributed by atoms with Gasteiger partial charge in [-0.3, -0.25) is 9.59 Å². The second kappa shape index (κ2) is 6.05. The molecule has 1 aromatic heterocycles. The molecule has 0 aliphatic carbocycles. The maximum atomic E-state index is 12.9. The largest absolute Gasteiger partial charge is 0.481 e. The molecule has 1 aromatic rings. The lowest BCUT2D eigenvalue weighted by molar-refractivity contribution is -0.151. The van der Waals surface area contributed by atoms with E-state index >= 15 is 0 Å². The molecule has 4 rings (SSSR count). The highest BCUT2D eigenvalue weighted by Gasteiger charge is 2.56. The van der Waals surface area contributed by atoms with Gasteiger partial charge < -0.3 is 19.6 Å². The van der Waals surface area contributed by atoms with Gasteiger partial charge >= 0.3 is 5.97 Å². The summed E-state index contributed by atoms with van der Waals surface area (Å²) in [5.41, 5.74) is 0. The summed E-state index contributed by atoms with van der Waals surface area (Å²) in [5, 5.41) is 9.48. The number of carbonyl (C=O) groups is 2. The van der Waals surface area contributed by atoms with Crippen molar-refractivity contribution in [3.05, 3.63) is 24.4 Å². The molecule has 0 saturated carbocycles. The number of aromatic nitrogens is 1.